The molecular weight excluding hydrogens is 362 g/mol. The second-order valence-corrected chi connectivity index (χ2v) is 5.64. The molecular formula is C13H16FIN2O2. The zero-order valence-corrected chi connectivity index (χ0v) is 12.7. The lowest BCUT2D eigenvalue weighted by atomic mass is 10.0. The second-order valence-electron chi connectivity index (χ2n) is 4.48. The molecule has 2 N–H and O–H groups in total. The van der Waals surface area contributed by atoms with Crippen LogP contribution >= 0.6 is 22.6 Å². The van der Waals surface area contributed by atoms with E-state index in [9.17, 15) is 9.18 Å². The number of halogens is 2. The molecule has 1 aromatic carbocycles. The molecule has 19 heavy (non-hydrogen) atoms. The first-order valence-electron chi connectivity index (χ1n) is 6.12. The molecule has 0 unspecified atom stereocenters. The van der Waals surface area contributed by atoms with E-state index < -0.39 is 0 Å². The van der Waals surface area contributed by atoms with Crippen LogP contribution in [-0.4, -0.2) is 31.6 Å². The lowest BCUT2D eigenvalue weighted by molar-refractivity contribution is -0.120. The van der Waals surface area contributed by atoms with Crippen molar-refractivity contribution in [2.24, 2.45) is 0 Å². The summed E-state index contributed by atoms with van der Waals surface area (Å²) in [5.41, 5.74) is 0.750. The summed E-state index contributed by atoms with van der Waals surface area (Å²) in [5, 5.41) is 6.05. The third-order valence-corrected chi connectivity index (χ3v) is 3.84. The summed E-state index contributed by atoms with van der Waals surface area (Å²) in [6.45, 7) is 3.34. The molecule has 0 aromatic heterocycles. The predicted octanol–water partition coefficient (Wildman–Crippen LogP) is 1.60. The first kappa shape index (κ1) is 14.7. The Morgan fingerprint density at radius 3 is 3.05 bits per heavy atom. The molecule has 1 amide bonds. The van der Waals surface area contributed by atoms with Gasteiger partial charge in [0.2, 0.25) is 5.91 Å². The fourth-order valence-corrected chi connectivity index (χ4v) is 2.48. The molecule has 2 atom stereocenters. The lowest BCUT2D eigenvalue weighted by Gasteiger charge is -2.25. The largest absolute Gasteiger partial charge is 0.370 e. The maximum Gasteiger partial charge on any atom is 0.217 e. The minimum atomic E-state index is -0.328. The summed E-state index contributed by atoms with van der Waals surface area (Å²) in [6.07, 6.45) is -0.328. The molecule has 1 heterocycles. The van der Waals surface area contributed by atoms with Crippen LogP contribution in [0.2, 0.25) is 0 Å². The number of carbonyl (C=O) groups is 1. The number of carbonyl (C=O) groups excluding carboxylic acids is 1. The van der Waals surface area contributed by atoms with Gasteiger partial charge in [0.15, 0.2) is 0 Å². The maximum absolute atomic E-state index is 13.7. The number of nitrogens with one attached hydrogen (secondary N) is 2. The highest BCUT2D eigenvalue weighted by atomic mass is 127. The van der Waals surface area contributed by atoms with Gasteiger partial charge in [0, 0.05) is 23.6 Å². The molecule has 1 fully saturated rings. The quantitative estimate of drug-likeness (QED) is 0.769. The number of hydrogen-bond acceptors (Lipinski definition) is 3. The van der Waals surface area contributed by atoms with Gasteiger partial charge >= 0.3 is 0 Å². The number of rotatable bonds is 2. The average Bonchev–Trinajstić information content (AvgIpc) is 2.57. The van der Waals surface area contributed by atoms with Crippen LogP contribution < -0.4 is 10.6 Å². The highest BCUT2D eigenvalue weighted by Crippen LogP contribution is 2.25. The fourth-order valence-electron chi connectivity index (χ4n) is 2.14. The molecule has 104 valence electrons. The van der Waals surface area contributed by atoms with Crippen molar-refractivity contribution in [1.82, 2.24) is 10.6 Å². The molecule has 0 radical (unpaired) electrons. The van der Waals surface area contributed by atoms with E-state index >= 15 is 0 Å². The van der Waals surface area contributed by atoms with Gasteiger partial charge in [0.05, 0.1) is 12.6 Å². The zero-order valence-electron chi connectivity index (χ0n) is 10.6. The Morgan fingerprint density at radius 2 is 2.37 bits per heavy atom. The molecule has 1 saturated heterocycles. The third-order valence-electron chi connectivity index (χ3n) is 2.97. The predicted molar refractivity (Wildman–Crippen MR) is 78.3 cm³/mol. The van der Waals surface area contributed by atoms with Crippen LogP contribution in [0.25, 0.3) is 0 Å². The zero-order chi connectivity index (χ0) is 13.8. The van der Waals surface area contributed by atoms with Crippen molar-refractivity contribution in [1.29, 1.82) is 0 Å². The van der Waals surface area contributed by atoms with Gasteiger partial charge in [-0.15, -0.1) is 0 Å². The molecule has 0 spiro atoms. The van der Waals surface area contributed by atoms with E-state index in [1.54, 1.807) is 6.07 Å². The Balaban J connectivity index is 2.25. The summed E-state index contributed by atoms with van der Waals surface area (Å²) in [7, 11) is 0. The Bertz CT molecular complexity index is 470. The fraction of sp³-hybridized carbons (Fsp3) is 0.462. The molecule has 0 saturated carbocycles. The molecule has 0 bridgehead atoms. The molecule has 2 rings (SSSR count). The number of ether oxygens (including phenoxy) is 1. The summed E-state index contributed by atoms with van der Waals surface area (Å²) < 4.78 is 20.0. The van der Waals surface area contributed by atoms with Gasteiger partial charge < -0.3 is 15.4 Å². The third kappa shape index (κ3) is 3.87. The van der Waals surface area contributed by atoms with E-state index in [0.29, 0.717) is 16.7 Å². The molecule has 1 aromatic rings. The van der Waals surface area contributed by atoms with Crippen LogP contribution in [0.15, 0.2) is 18.2 Å². The summed E-state index contributed by atoms with van der Waals surface area (Å²) in [6, 6.07) is 4.85. The highest BCUT2D eigenvalue weighted by Gasteiger charge is 2.27. The molecule has 4 nitrogen and oxygen atoms in total. The first-order chi connectivity index (χ1) is 9.08. The van der Waals surface area contributed by atoms with Crippen LogP contribution in [0.3, 0.4) is 0 Å². The van der Waals surface area contributed by atoms with E-state index in [2.05, 4.69) is 10.6 Å². The molecule has 6 heteroatoms. The monoisotopic (exact) mass is 378 g/mol. The van der Waals surface area contributed by atoms with Gasteiger partial charge in [-0.25, -0.2) is 4.39 Å². The van der Waals surface area contributed by atoms with Gasteiger partial charge in [-0.3, -0.25) is 4.79 Å². The average molecular weight is 378 g/mol. The molecule has 1 aliphatic heterocycles. The number of amides is 1. The van der Waals surface area contributed by atoms with Crippen LogP contribution in [0.5, 0.6) is 0 Å². The van der Waals surface area contributed by atoms with Crippen molar-refractivity contribution >= 4 is 28.5 Å². The standard InChI is InChI=1S/C13H16FIN2O2/c1-8(18)17-12-7-16-4-5-19-13(12)9-2-3-11(15)10(14)6-9/h2-3,6,12-13,16H,4-5,7H2,1H3,(H,17,18)/t12-,13+/m1/s1. The van der Waals surface area contributed by atoms with Gasteiger partial charge in [-0.05, 0) is 40.3 Å². The van der Waals surface area contributed by atoms with Crippen molar-refractivity contribution in [3.8, 4) is 0 Å². The van der Waals surface area contributed by atoms with Crippen molar-refractivity contribution in [3.05, 3.63) is 33.1 Å². The van der Waals surface area contributed by atoms with Gasteiger partial charge in [-0.1, -0.05) is 6.07 Å². The summed E-state index contributed by atoms with van der Waals surface area (Å²) >= 11 is 1.95. The SMILES string of the molecule is CC(=O)N[C@@H]1CNCCO[C@H]1c1ccc(I)c(F)c1. The van der Waals surface area contributed by atoms with Crippen LogP contribution in [-0.2, 0) is 9.53 Å². The molecule has 1 aliphatic rings. The molecule has 0 aliphatic carbocycles. The Hall–Kier alpha value is -0.730. The van der Waals surface area contributed by atoms with E-state index in [-0.39, 0.29) is 23.9 Å². The van der Waals surface area contributed by atoms with Gasteiger partial charge in [-0.2, -0.15) is 0 Å². The smallest absolute Gasteiger partial charge is 0.217 e. The topological polar surface area (TPSA) is 50.4 Å². The van der Waals surface area contributed by atoms with Crippen LogP contribution in [0, 0.1) is 9.39 Å². The highest BCUT2D eigenvalue weighted by molar-refractivity contribution is 14.1. The van der Waals surface area contributed by atoms with Crippen molar-refractivity contribution in [2.75, 3.05) is 19.7 Å². The van der Waals surface area contributed by atoms with Crippen molar-refractivity contribution in [2.45, 2.75) is 19.1 Å². The number of hydrogen-bond donors (Lipinski definition) is 2. The van der Waals surface area contributed by atoms with E-state index in [1.165, 1.54) is 13.0 Å². The van der Waals surface area contributed by atoms with E-state index in [1.807, 2.05) is 28.7 Å². The second kappa shape index (κ2) is 6.62. The van der Waals surface area contributed by atoms with E-state index in [4.69, 9.17) is 4.74 Å². The van der Waals surface area contributed by atoms with Crippen molar-refractivity contribution in [3.63, 3.8) is 0 Å². The van der Waals surface area contributed by atoms with Gasteiger partial charge in [0.25, 0.3) is 0 Å². The van der Waals surface area contributed by atoms with Crippen LogP contribution in [0.1, 0.15) is 18.6 Å². The maximum atomic E-state index is 13.7. The number of benzene rings is 1. The lowest BCUT2D eigenvalue weighted by Crippen LogP contribution is -2.43. The normalized spacial score (nSPS) is 23.7. The van der Waals surface area contributed by atoms with E-state index in [0.717, 1.165) is 12.1 Å². The van der Waals surface area contributed by atoms with Crippen LogP contribution in [0.4, 0.5) is 4.39 Å². The summed E-state index contributed by atoms with van der Waals surface area (Å²) in [4.78, 5) is 11.3. The Morgan fingerprint density at radius 1 is 1.58 bits per heavy atom. The van der Waals surface area contributed by atoms with Crippen molar-refractivity contribution < 1.29 is 13.9 Å². The Labute approximate surface area is 125 Å². The Kier molecular flexibility index (Phi) is 5.12. The van der Waals surface area contributed by atoms with Gasteiger partial charge in [0.1, 0.15) is 11.9 Å². The first-order valence-corrected chi connectivity index (χ1v) is 7.20. The summed E-state index contributed by atoms with van der Waals surface area (Å²) in [5.74, 6) is -0.381. The minimum Gasteiger partial charge on any atom is -0.370 e. The minimum absolute atomic E-state index is 0.117.